The van der Waals surface area contributed by atoms with E-state index in [1.807, 2.05) is 6.07 Å². The summed E-state index contributed by atoms with van der Waals surface area (Å²) in [6.45, 7) is 7.24. The molecule has 0 bridgehead atoms. The van der Waals surface area contributed by atoms with Crippen LogP contribution in [-0.2, 0) is 0 Å². The first-order chi connectivity index (χ1) is 9.10. The van der Waals surface area contributed by atoms with Gasteiger partial charge in [0.15, 0.2) is 0 Å². The van der Waals surface area contributed by atoms with Crippen LogP contribution >= 0.6 is 11.6 Å². The van der Waals surface area contributed by atoms with Gasteiger partial charge in [0.05, 0.1) is 18.2 Å². The highest BCUT2D eigenvalue weighted by atomic mass is 35.5. The normalized spacial score (nSPS) is 12.5. The smallest absolute Gasteiger partial charge is 0.137 e. The third-order valence-electron chi connectivity index (χ3n) is 3.06. The van der Waals surface area contributed by atoms with E-state index in [9.17, 15) is 5.11 Å². The van der Waals surface area contributed by atoms with Crippen LogP contribution in [0.2, 0.25) is 5.02 Å². The number of aliphatic hydroxyl groups is 1. The Morgan fingerprint density at radius 3 is 2.58 bits per heavy atom. The van der Waals surface area contributed by atoms with Gasteiger partial charge in [0.2, 0.25) is 0 Å². The Morgan fingerprint density at radius 2 is 2.05 bits per heavy atom. The molecule has 0 saturated carbocycles. The minimum absolute atomic E-state index is 0.402. The number of nitrogens with zero attached hydrogens (tertiary/aromatic N) is 1. The van der Waals surface area contributed by atoms with Crippen LogP contribution in [0.4, 0.5) is 5.69 Å². The lowest BCUT2D eigenvalue weighted by Gasteiger charge is -2.22. The summed E-state index contributed by atoms with van der Waals surface area (Å²) in [5.74, 6) is 0.649. The molecule has 0 fully saturated rings. The fraction of sp³-hybridized carbons (Fsp3) is 0.571. The van der Waals surface area contributed by atoms with Crippen molar-refractivity contribution in [2.24, 2.45) is 0 Å². The molecule has 1 aromatic rings. The highest BCUT2D eigenvalue weighted by molar-refractivity contribution is 6.32. The van der Waals surface area contributed by atoms with E-state index in [0.717, 1.165) is 18.8 Å². The molecule has 19 heavy (non-hydrogen) atoms. The fourth-order valence-electron chi connectivity index (χ4n) is 1.86. The van der Waals surface area contributed by atoms with Crippen LogP contribution in [0.5, 0.6) is 5.75 Å². The first-order valence-electron chi connectivity index (χ1n) is 6.58. The zero-order valence-corrected chi connectivity index (χ0v) is 12.6. The van der Waals surface area contributed by atoms with Crippen molar-refractivity contribution in [2.75, 3.05) is 38.6 Å². The molecule has 0 aliphatic rings. The highest BCUT2D eigenvalue weighted by Gasteiger charge is 2.09. The van der Waals surface area contributed by atoms with Crippen molar-refractivity contribution >= 4 is 17.3 Å². The van der Waals surface area contributed by atoms with Crippen molar-refractivity contribution in [3.8, 4) is 5.75 Å². The fourth-order valence-corrected chi connectivity index (χ4v) is 2.11. The van der Waals surface area contributed by atoms with Gasteiger partial charge in [0.1, 0.15) is 5.75 Å². The van der Waals surface area contributed by atoms with Gasteiger partial charge in [-0.1, -0.05) is 25.4 Å². The maximum absolute atomic E-state index is 9.95. The largest absolute Gasteiger partial charge is 0.495 e. The number of anilines is 1. The van der Waals surface area contributed by atoms with Gasteiger partial charge in [0, 0.05) is 18.8 Å². The van der Waals surface area contributed by atoms with E-state index < -0.39 is 6.10 Å². The van der Waals surface area contributed by atoms with E-state index in [0.29, 0.717) is 23.9 Å². The summed E-state index contributed by atoms with van der Waals surface area (Å²) in [7, 11) is 1.59. The number of hydrogen-bond acceptors (Lipinski definition) is 4. The minimum Gasteiger partial charge on any atom is -0.495 e. The molecule has 0 spiro atoms. The number of aliphatic hydroxyl groups excluding tert-OH is 1. The molecule has 0 aromatic heterocycles. The lowest BCUT2D eigenvalue weighted by Crippen LogP contribution is -2.35. The Balaban J connectivity index is 2.45. The summed E-state index contributed by atoms with van der Waals surface area (Å²) in [5, 5.41) is 13.7. The molecule has 2 N–H and O–H groups in total. The van der Waals surface area contributed by atoms with Gasteiger partial charge in [0.25, 0.3) is 0 Å². The van der Waals surface area contributed by atoms with Gasteiger partial charge in [-0.25, -0.2) is 0 Å². The monoisotopic (exact) mass is 286 g/mol. The number of benzene rings is 1. The molecule has 1 rings (SSSR count). The number of nitrogens with one attached hydrogen (secondary N) is 1. The summed E-state index contributed by atoms with van der Waals surface area (Å²) in [5.41, 5.74) is 0.879. The second-order valence-electron chi connectivity index (χ2n) is 4.37. The molecule has 108 valence electrons. The molecule has 1 atom stereocenters. The van der Waals surface area contributed by atoms with Gasteiger partial charge >= 0.3 is 0 Å². The molecule has 1 aromatic carbocycles. The van der Waals surface area contributed by atoms with E-state index in [-0.39, 0.29) is 0 Å². The Labute approximate surface area is 120 Å². The SMILES string of the molecule is CCN(CC)CC(O)CNc1ccc(OC)c(Cl)c1. The molecular weight excluding hydrogens is 264 g/mol. The molecule has 0 radical (unpaired) electrons. The maximum atomic E-state index is 9.95. The van der Waals surface area contributed by atoms with Crippen molar-refractivity contribution in [1.29, 1.82) is 0 Å². The summed E-state index contributed by atoms with van der Waals surface area (Å²) < 4.78 is 5.09. The lowest BCUT2D eigenvalue weighted by molar-refractivity contribution is 0.128. The first-order valence-corrected chi connectivity index (χ1v) is 6.96. The van der Waals surface area contributed by atoms with E-state index in [1.165, 1.54) is 0 Å². The lowest BCUT2D eigenvalue weighted by atomic mass is 10.2. The van der Waals surface area contributed by atoms with Crippen LogP contribution in [-0.4, -0.2) is 49.4 Å². The van der Waals surface area contributed by atoms with E-state index in [4.69, 9.17) is 16.3 Å². The Hall–Kier alpha value is -0.970. The van der Waals surface area contributed by atoms with Gasteiger partial charge in [-0.15, -0.1) is 0 Å². The van der Waals surface area contributed by atoms with E-state index in [2.05, 4.69) is 24.1 Å². The average Bonchev–Trinajstić information content (AvgIpc) is 2.42. The second kappa shape index (κ2) is 8.25. The Morgan fingerprint density at radius 1 is 1.37 bits per heavy atom. The van der Waals surface area contributed by atoms with Crippen LogP contribution < -0.4 is 10.1 Å². The van der Waals surface area contributed by atoms with Gasteiger partial charge in [-0.2, -0.15) is 0 Å². The molecular formula is C14H23ClN2O2. The molecule has 1 unspecified atom stereocenters. The molecule has 5 heteroatoms. The standard InChI is InChI=1S/C14H23ClN2O2/c1-4-17(5-2)10-12(18)9-16-11-6-7-14(19-3)13(15)8-11/h6-8,12,16,18H,4-5,9-10H2,1-3H3. The van der Waals surface area contributed by atoms with Crippen molar-refractivity contribution in [2.45, 2.75) is 20.0 Å². The van der Waals surface area contributed by atoms with Crippen LogP contribution in [0.1, 0.15) is 13.8 Å². The van der Waals surface area contributed by atoms with Gasteiger partial charge < -0.3 is 20.1 Å². The van der Waals surface area contributed by atoms with Crippen molar-refractivity contribution in [3.05, 3.63) is 23.2 Å². The number of methoxy groups -OCH3 is 1. The molecule has 4 nitrogen and oxygen atoms in total. The van der Waals surface area contributed by atoms with Crippen molar-refractivity contribution < 1.29 is 9.84 Å². The number of ether oxygens (including phenoxy) is 1. The quantitative estimate of drug-likeness (QED) is 0.771. The maximum Gasteiger partial charge on any atom is 0.137 e. The summed E-state index contributed by atoms with van der Waals surface area (Å²) in [4.78, 5) is 2.19. The minimum atomic E-state index is -0.402. The number of halogens is 1. The van der Waals surface area contributed by atoms with Crippen molar-refractivity contribution in [1.82, 2.24) is 4.90 Å². The third kappa shape index (κ3) is 5.27. The second-order valence-corrected chi connectivity index (χ2v) is 4.78. The van der Waals surface area contributed by atoms with Gasteiger partial charge in [-0.3, -0.25) is 0 Å². The van der Waals surface area contributed by atoms with Gasteiger partial charge in [-0.05, 0) is 31.3 Å². The first kappa shape index (κ1) is 16.1. The Kier molecular flexibility index (Phi) is 6.99. The van der Waals surface area contributed by atoms with Crippen LogP contribution in [0, 0.1) is 0 Å². The molecule has 0 amide bonds. The zero-order chi connectivity index (χ0) is 14.3. The average molecular weight is 287 g/mol. The summed E-state index contributed by atoms with van der Waals surface area (Å²) >= 11 is 6.04. The number of rotatable bonds is 8. The Bertz CT molecular complexity index is 384. The number of likely N-dealkylation sites (N-methyl/N-ethyl adjacent to an activating group) is 1. The molecule has 0 saturated heterocycles. The molecule has 0 heterocycles. The highest BCUT2D eigenvalue weighted by Crippen LogP contribution is 2.27. The molecule has 0 aliphatic carbocycles. The topological polar surface area (TPSA) is 44.7 Å². The van der Waals surface area contributed by atoms with Crippen LogP contribution in [0.25, 0.3) is 0 Å². The summed E-state index contributed by atoms with van der Waals surface area (Å²) in [6, 6.07) is 5.49. The van der Waals surface area contributed by atoms with E-state index >= 15 is 0 Å². The predicted octanol–water partition coefficient (Wildman–Crippen LogP) is 2.46. The zero-order valence-electron chi connectivity index (χ0n) is 11.8. The van der Waals surface area contributed by atoms with E-state index in [1.54, 1.807) is 19.2 Å². The molecule has 0 aliphatic heterocycles. The summed E-state index contributed by atoms with van der Waals surface area (Å²) in [6.07, 6.45) is -0.402. The predicted molar refractivity (Wildman–Crippen MR) is 80.3 cm³/mol. The number of hydrogen-bond donors (Lipinski definition) is 2. The van der Waals surface area contributed by atoms with Crippen molar-refractivity contribution in [3.63, 3.8) is 0 Å². The van der Waals surface area contributed by atoms with Crippen LogP contribution in [0.3, 0.4) is 0 Å². The van der Waals surface area contributed by atoms with Crippen LogP contribution in [0.15, 0.2) is 18.2 Å². The third-order valence-corrected chi connectivity index (χ3v) is 3.35.